The van der Waals surface area contributed by atoms with Gasteiger partial charge < -0.3 is 5.11 Å². The summed E-state index contributed by atoms with van der Waals surface area (Å²) < 4.78 is 29.4. The molecule has 0 fully saturated rings. The van der Waals surface area contributed by atoms with Crippen LogP contribution in [0.1, 0.15) is 30.2 Å². The molecule has 2 heterocycles. The van der Waals surface area contributed by atoms with E-state index in [0.29, 0.717) is 0 Å². The highest BCUT2D eigenvalue weighted by Crippen LogP contribution is 2.46. The predicted octanol–water partition coefficient (Wildman–Crippen LogP) is 4.37. The monoisotopic (exact) mass is 422 g/mol. The molecule has 3 aromatic rings. The van der Waals surface area contributed by atoms with Crippen molar-refractivity contribution in [2.45, 2.75) is 36.5 Å². The fraction of sp³-hybridized carbons (Fsp3) is 0.316. The van der Waals surface area contributed by atoms with Gasteiger partial charge in [-0.25, -0.2) is 18.4 Å². The third-order valence-electron chi connectivity index (χ3n) is 4.46. The molecule has 28 heavy (non-hydrogen) atoms. The van der Waals surface area contributed by atoms with Crippen LogP contribution in [0.2, 0.25) is 0 Å². The molecule has 0 amide bonds. The number of aromatic nitrogens is 4. The van der Waals surface area contributed by atoms with Crippen molar-refractivity contribution in [2.75, 3.05) is 0 Å². The molecule has 1 N–H and O–H groups in total. The van der Waals surface area contributed by atoms with Gasteiger partial charge in [-0.1, -0.05) is 27.7 Å². The van der Waals surface area contributed by atoms with E-state index in [9.17, 15) is 13.9 Å². The van der Waals surface area contributed by atoms with Crippen molar-refractivity contribution in [3.8, 4) is 0 Å². The number of pyridine rings is 1. The van der Waals surface area contributed by atoms with Gasteiger partial charge in [-0.2, -0.15) is 5.10 Å². The van der Waals surface area contributed by atoms with Crippen molar-refractivity contribution in [2.24, 2.45) is 0 Å². The first-order valence-corrected chi connectivity index (χ1v) is 10.9. The average Bonchev–Trinajstić information content (AvgIpc) is 3.19. The van der Waals surface area contributed by atoms with Gasteiger partial charge in [-0.15, -0.1) is 0 Å². The molecule has 0 saturated heterocycles. The number of rotatable bonds is 8. The van der Waals surface area contributed by atoms with Crippen LogP contribution in [0.5, 0.6) is 0 Å². The van der Waals surface area contributed by atoms with Crippen molar-refractivity contribution < 1.29 is 13.9 Å². The minimum absolute atomic E-state index is 0.00603. The molecular formula is C19H20F2N4OS2. The van der Waals surface area contributed by atoms with Gasteiger partial charge >= 0.3 is 0 Å². The summed E-state index contributed by atoms with van der Waals surface area (Å²) in [7, 11) is 3.01. The molecule has 0 aliphatic heterocycles. The Kier molecular flexibility index (Phi) is 6.69. The molecule has 0 spiro atoms. The van der Waals surface area contributed by atoms with Gasteiger partial charge in [0.15, 0.2) is 0 Å². The Morgan fingerprint density at radius 3 is 2.50 bits per heavy atom. The van der Waals surface area contributed by atoms with Gasteiger partial charge in [-0.05, 0) is 37.6 Å². The van der Waals surface area contributed by atoms with Crippen molar-refractivity contribution in [1.29, 1.82) is 0 Å². The first-order valence-electron chi connectivity index (χ1n) is 8.62. The molecule has 1 unspecified atom stereocenters. The van der Waals surface area contributed by atoms with Crippen LogP contribution < -0.4 is 0 Å². The summed E-state index contributed by atoms with van der Waals surface area (Å²) in [5.74, 6) is -1.48. The van der Waals surface area contributed by atoms with Gasteiger partial charge in [0.25, 0.3) is 0 Å². The highest BCUT2D eigenvalue weighted by atomic mass is 33.1. The molecule has 3 rings (SSSR count). The lowest BCUT2D eigenvalue weighted by atomic mass is 9.90. The van der Waals surface area contributed by atoms with Crippen LogP contribution in [0.3, 0.4) is 0 Å². The van der Waals surface area contributed by atoms with Crippen LogP contribution in [-0.4, -0.2) is 30.1 Å². The Morgan fingerprint density at radius 1 is 1.11 bits per heavy atom. The lowest BCUT2D eigenvalue weighted by Gasteiger charge is -2.34. The van der Waals surface area contributed by atoms with Crippen molar-refractivity contribution in [3.05, 3.63) is 78.1 Å². The second kappa shape index (κ2) is 9.02. The van der Waals surface area contributed by atoms with E-state index in [0.717, 1.165) is 17.7 Å². The van der Waals surface area contributed by atoms with E-state index in [1.54, 1.807) is 23.2 Å². The third-order valence-corrected chi connectivity index (χ3v) is 7.88. The summed E-state index contributed by atoms with van der Waals surface area (Å²) in [6.45, 7) is 3.86. The lowest BCUT2D eigenvalue weighted by molar-refractivity contribution is 0.0137. The summed E-state index contributed by atoms with van der Waals surface area (Å²) in [5, 5.41) is 15.2. The molecule has 0 radical (unpaired) electrons. The summed E-state index contributed by atoms with van der Waals surface area (Å²) >= 11 is 0. The summed E-state index contributed by atoms with van der Waals surface area (Å²) in [5.41, 5.74) is -0.477. The maximum absolute atomic E-state index is 14.5. The fourth-order valence-corrected chi connectivity index (χ4v) is 5.54. The molecular weight excluding hydrogens is 402 g/mol. The Labute approximate surface area is 170 Å². The molecule has 0 aliphatic carbocycles. The smallest absolute Gasteiger partial charge is 0.137 e. The van der Waals surface area contributed by atoms with Gasteiger partial charge in [0.05, 0.1) is 6.54 Å². The van der Waals surface area contributed by atoms with Gasteiger partial charge in [-0.3, -0.25) is 4.98 Å². The molecule has 0 aliphatic rings. The largest absolute Gasteiger partial charge is 0.382 e. The Balaban J connectivity index is 1.83. The average molecular weight is 423 g/mol. The molecule has 9 heteroatoms. The van der Waals surface area contributed by atoms with E-state index in [1.807, 2.05) is 19.1 Å². The van der Waals surface area contributed by atoms with E-state index >= 15 is 0 Å². The Hall–Kier alpha value is -1.97. The minimum atomic E-state index is -1.61. The van der Waals surface area contributed by atoms with Crippen LogP contribution in [0.4, 0.5) is 8.78 Å². The predicted molar refractivity (Wildman–Crippen MR) is 108 cm³/mol. The molecule has 1 aromatic carbocycles. The molecule has 0 bridgehead atoms. The van der Waals surface area contributed by atoms with Crippen LogP contribution in [0.15, 0.2) is 55.4 Å². The van der Waals surface area contributed by atoms with Crippen LogP contribution in [-0.2, 0) is 12.1 Å². The summed E-state index contributed by atoms with van der Waals surface area (Å²) in [6.07, 6.45) is 6.26. The summed E-state index contributed by atoms with van der Waals surface area (Å²) in [4.78, 5) is 7.90. The van der Waals surface area contributed by atoms with E-state index in [1.165, 1.54) is 34.2 Å². The number of hydrogen-bond donors (Lipinski definition) is 1. The highest BCUT2D eigenvalue weighted by molar-refractivity contribution is 8.77. The number of aliphatic hydroxyl groups is 1. The number of nitrogens with zero attached hydrogens (tertiary/aromatic N) is 4. The number of halogens is 2. The maximum Gasteiger partial charge on any atom is 0.137 e. The second-order valence-corrected chi connectivity index (χ2v) is 9.35. The Morgan fingerprint density at radius 2 is 1.86 bits per heavy atom. The molecule has 5 nitrogen and oxygen atoms in total. The van der Waals surface area contributed by atoms with Gasteiger partial charge in [0.2, 0.25) is 0 Å². The van der Waals surface area contributed by atoms with E-state index in [-0.39, 0.29) is 17.4 Å². The first-order chi connectivity index (χ1) is 13.4. The quantitative estimate of drug-likeness (QED) is 0.544. The topological polar surface area (TPSA) is 63.8 Å². The first kappa shape index (κ1) is 20.8. The SMILES string of the molecule is CC(SS[C@H](C)[C@](O)(Cn1cncn1)c1ccc(F)cc1F)c1ccncc1. The van der Waals surface area contributed by atoms with Crippen LogP contribution in [0, 0.1) is 11.6 Å². The normalized spacial score (nSPS) is 15.8. The standard InChI is InChI=1S/C19H20F2N4OS2/c1-13(15-5-7-22-8-6-15)27-28-14(2)19(26,10-25-12-23-11-24-25)17-4-3-16(20)9-18(17)21/h3-9,11-14,26H,10H2,1-2H3/t13?,14-,19-/m1/s1. The highest BCUT2D eigenvalue weighted by Gasteiger charge is 2.40. The minimum Gasteiger partial charge on any atom is -0.382 e. The molecule has 148 valence electrons. The number of benzene rings is 1. The zero-order valence-corrected chi connectivity index (χ0v) is 17.0. The molecule has 3 atom stereocenters. The van der Waals surface area contributed by atoms with Crippen LogP contribution in [0.25, 0.3) is 0 Å². The van der Waals surface area contributed by atoms with E-state index in [2.05, 4.69) is 22.0 Å². The van der Waals surface area contributed by atoms with E-state index < -0.39 is 22.5 Å². The zero-order chi connectivity index (χ0) is 20.1. The van der Waals surface area contributed by atoms with Gasteiger partial charge in [0, 0.05) is 34.5 Å². The maximum atomic E-state index is 14.5. The Bertz CT molecular complexity index is 898. The number of hydrogen-bond acceptors (Lipinski definition) is 6. The third kappa shape index (κ3) is 4.71. The molecule has 2 aromatic heterocycles. The lowest BCUT2D eigenvalue weighted by Crippen LogP contribution is -2.41. The summed E-state index contributed by atoms with van der Waals surface area (Å²) in [6, 6.07) is 7.09. The van der Waals surface area contributed by atoms with Crippen LogP contribution >= 0.6 is 21.6 Å². The van der Waals surface area contributed by atoms with Crippen molar-refractivity contribution in [1.82, 2.24) is 19.7 Å². The fourth-order valence-electron chi connectivity index (χ4n) is 2.77. The van der Waals surface area contributed by atoms with Gasteiger partial charge in [0.1, 0.15) is 29.9 Å². The van der Waals surface area contributed by atoms with Crippen molar-refractivity contribution in [3.63, 3.8) is 0 Å². The second-order valence-electron chi connectivity index (χ2n) is 6.40. The molecule has 0 saturated carbocycles. The van der Waals surface area contributed by atoms with E-state index in [4.69, 9.17) is 0 Å². The zero-order valence-electron chi connectivity index (χ0n) is 15.4. The van der Waals surface area contributed by atoms with Crippen molar-refractivity contribution >= 4 is 21.6 Å².